The van der Waals surface area contributed by atoms with Crippen LogP contribution in [-0.2, 0) is 9.53 Å². The number of carbonyl (C=O) groups excluding carboxylic acids is 1. The molecule has 0 N–H and O–H groups in total. The van der Waals surface area contributed by atoms with Crippen molar-refractivity contribution in [1.29, 1.82) is 0 Å². The second kappa shape index (κ2) is 44.2. The summed E-state index contributed by atoms with van der Waals surface area (Å²) >= 11 is 0. The normalized spacial score (nSPS) is 11.6. The number of esters is 1. The van der Waals surface area contributed by atoms with Crippen LogP contribution in [0.4, 0.5) is 0 Å². The van der Waals surface area contributed by atoms with Gasteiger partial charge < -0.3 is 4.74 Å². The zero-order valence-electron chi connectivity index (χ0n) is 33.5. The maximum absolute atomic E-state index is 12.0. The molecule has 0 aromatic rings. The van der Waals surface area contributed by atoms with Gasteiger partial charge in [0.2, 0.25) is 0 Å². The van der Waals surface area contributed by atoms with Crippen LogP contribution in [0.25, 0.3) is 0 Å². The van der Waals surface area contributed by atoms with Gasteiger partial charge in [0.05, 0.1) is 6.61 Å². The van der Waals surface area contributed by atoms with Crippen LogP contribution in [0.1, 0.15) is 271 Å². The van der Waals surface area contributed by atoms with Gasteiger partial charge in [-0.1, -0.05) is 238 Å². The first-order chi connectivity index (χ1) is 23.8. The van der Waals surface area contributed by atoms with Crippen LogP contribution in [0.3, 0.4) is 0 Å². The maximum atomic E-state index is 12.0. The van der Waals surface area contributed by atoms with Crippen LogP contribution in [0, 0.1) is 0 Å². The molecule has 0 radical (unpaired) electrons. The van der Waals surface area contributed by atoms with Crippen molar-refractivity contribution in [2.75, 3.05) is 6.61 Å². The monoisotopic (exact) mass is 675 g/mol. The van der Waals surface area contributed by atoms with Gasteiger partial charge in [-0.15, -0.1) is 0 Å². The van der Waals surface area contributed by atoms with Crippen molar-refractivity contribution >= 4 is 5.97 Å². The smallest absolute Gasteiger partial charge is 0.305 e. The molecule has 0 saturated carbocycles. The highest BCUT2D eigenvalue weighted by Crippen LogP contribution is 2.16. The Bertz CT molecular complexity index is 611. The molecule has 0 atom stereocenters. The summed E-state index contributed by atoms with van der Waals surface area (Å²) in [5.74, 6) is 0.0288. The van der Waals surface area contributed by atoms with E-state index in [9.17, 15) is 4.79 Å². The number of unbranched alkanes of at least 4 members (excludes halogenated alkanes) is 36. The number of ether oxygens (including phenoxy) is 1. The van der Waals surface area contributed by atoms with Crippen LogP contribution in [0.15, 0.2) is 12.2 Å². The minimum atomic E-state index is 0.0288. The average Bonchev–Trinajstić information content (AvgIpc) is 3.09. The molecule has 0 unspecified atom stereocenters. The zero-order valence-corrected chi connectivity index (χ0v) is 33.5. The second-order valence-electron chi connectivity index (χ2n) is 15.4. The molecule has 0 aliphatic heterocycles. The van der Waals surface area contributed by atoms with Crippen molar-refractivity contribution in [3.05, 3.63) is 12.2 Å². The van der Waals surface area contributed by atoms with E-state index in [4.69, 9.17) is 4.74 Å². The number of allylic oxidation sites excluding steroid dienone is 2. The minimum Gasteiger partial charge on any atom is -0.466 e. The Kier molecular flexibility index (Phi) is 43.5. The van der Waals surface area contributed by atoms with Crippen molar-refractivity contribution in [1.82, 2.24) is 0 Å². The summed E-state index contributed by atoms with van der Waals surface area (Å²) in [5.41, 5.74) is 0. The molecule has 0 aromatic carbocycles. The van der Waals surface area contributed by atoms with Gasteiger partial charge in [-0.05, 0) is 38.5 Å². The first kappa shape index (κ1) is 47.2. The number of carbonyl (C=O) groups is 1. The van der Waals surface area contributed by atoms with Crippen LogP contribution in [0.5, 0.6) is 0 Å². The average molecular weight is 675 g/mol. The summed E-state index contributed by atoms with van der Waals surface area (Å²) in [5, 5.41) is 0. The number of hydrogen-bond donors (Lipinski definition) is 0. The van der Waals surface area contributed by atoms with Crippen molar-refractivity contribution in [3.63, 3.8) is 0 Å². The van der Waals surface area contributed by atoms with Gasteiger partial charge in [0.25, 0.3) is 0 Å². The Morgan fingerprint density at radius 2 is 0.583 bits per heavy atom. The molecule has 0 aliphatic rings. The molecule has 0 saturated heterocycles. The molecule has 0 heterocycles. The lowest BCUT2D eigenvalue weighted by molar-refractivity contribution is -0.143. The van der Waals surface area contributed by atoms with Gasteiger partial charge in [-0.2, -0.15) is 0 Å². The topological polar surface area (TPSA) is 26.3 Å². The molecule has 0 fully saturated rings. The predicted octanol–water partition coefficient (Wildman–Crippen LogP) is 16.7. The fourth-order valence-corrected chi connectivity index (χ4v) is 7.02. The van der Waals surface area contributed by atoms with Gasteiger partial charge in [0.15, 0.2) is 0 Å². The van der Waals surface area contributed by atoms with E-state index in [0.29, 0.717) is 13.0 Å². The van der Waals surface area contributed by atoms with Crippen LogP contribution in [-0.4, -0.2) is 12.6 Å². The van der Waals surface area contributed by atoms with E-state index < -0.39 is 0 Å². The lowest BCUT2D eigenvalue weighted by atomic mass is 10.0. The van der Waals surface area contributed by atoms with E-state index in [0.717, 1.165) is 12.8 Å². The highest BCUT2D eigenvalue weighted by atomic mass is 16.5. The molecule has 0 bridgehead atoms. The Labute approximate surface area is 304 Å². The molecule has 0 amide bonds. The summed E-state index contributed by atoms with van der Waals surface area (Å²) in [4.78, 5) is 12.0. The van der Waals surface area contributed by atoms with Crippen molar-refractivity contribution in [2.24, 2.45) is 0 Å². The fraction of sp³-hybridized carbons (Fsp3) is 0.935. The first-order valence-corrected chi connectivity index (χ1v) is 22.6. The molecule has 48 heavy (non-hydrogen) atoms. The van der Waals surface area contributed by atoms with Gasteiger partial charge in [-0.3, -0.25) is 4.79 Å². The molecule has 0 rings (SSSR count). The molecule has 0 spiro atoms. The quantitative estimate of drug-likeness (QED) is 0.0366. The lowest BCUT2D eigenvalue weighted by Crippen LogP contribution is -2.05. The van der Waals surface area contributed by atoms with Gasteiger partial charge in [0, 0.05) is 6.42 Å². The fourth-order valence-electron chi connectivity index (χ4n) is 7.02. The summed E-state index contributed by atoms with van der Waals surface area (Å²) in [6.45, 7) is 5.22. The summed E-state index contributed by atoms with van der Waals surface area (Å²) in [7, 11) is 0. The van der Waals surface area contributed by atoms with Crippen LogP contribution < -0.4 is 0 Å². The maximum Gasteiger partial charge on any atom is 0.305 e. The molecule has 0 aliphatic carbocycles. The zero-order chi connectivity index (χ0) is 34.7. The van der Waals surface area contributed by atoms with E-state index in [1.165, 1.54) is 238 Å². The number of rotatable bonds is 42. The van der Waals surface area contributed by atoms with Crippen molar-refractivity contribution in [2.45, 2.75) is 271 Å². The summed E-state index contributed by atoms with van der Waals surface area (Å²) < 4.78 is 5.48. The van der Waals surface area contributed by atoms with Crippen LogP contribution in [0.2, 0.25) is 0 Å². The Balaban J connectivity index is 3.17. The van der Waals surface area contributed by atoms with Gasteiger partial charge in [-0.25, -0.2) is 0 Å². The predicted molar refractivity (Wildman–Crippen MR) is 216 cm³/mol. The minimum absolute atomic E-state index is 0.0288. The first-order valence-electron chi connectivity index (χ1n) is 22.6. The van der Waals surface area contributed by atoms with Gasteiger partial charge >= 0.3 is 5.97 Å². The highest BCUT2D eigenvalue weighted by molar-refractivity contribution is 5.69. The highest BCUT2D eigenvalue weighted by Gasteiger charge is 2.03. The van der Waals surface area contributed by atoms with E-state index in [-0.39, 0.29) is 5.97 Å². The Morgan fingerprint density at radius 1 is 0.333 bits per heavy atom. The number of hydrogen-bond acceptors (Lipinski definition) is 2. The lowest BCUT2D eigenvalue weighted by Gasteiger charge is -2.06. The third-order valence-corrected chi connectivity index (χ3v) is 10.4. The SMILES string of the molecule is CCCCCCCC/C=C\CCCCCCCCCCCCCC(=O)OCCCCCCCCCCCCCCCCCCCCCC. The summed E-state index contributed by atoms with van der Waals surface area (Å²) in [6.07, 6.45) is 58.9. The van der Waals surface area contributed by atoms with E-state index in [2.05, 4.69) is 26.0 Å². The van der Waals surface area contributed by atoms with E-state index >= 15 is 0 Å². The van der Waals surface area contributed by atoms with Crippen molar-refractivity contribution < 1.29 is 9.53 Å². The van der Waals surface area contributed by atoms with Gasteiger partial charge in [0.1, 0.15) is 0 Å². The molecule has 2 heteroatoms. The standard InChI is InChI=1S/C46H90O2/c1-3-5-7-9-11-13-15-17-19-21-23-25-26-28-30-32-34-36-38-40-42-44-46(47)48-45-43-41-39-37-35-33-31-29-27-24-22-20-18-16-14-12-10-8-6-4-2/h17,19H,3-16,18,20-45H2,1-2H3/b19-17-. The third-order valence-electron chi connectivity index (χ3n) is 10.4. The molecule has 0 aromatic heterocycles. The second-order valence-corrected chi connectivity index (χ2v) is 15.4. The van der Waals surface area contributed by atoms with Crippen molar-refractivity contribution in [3.8, 4) is 0 Å². The molecular formula is C46H90O2. The molecule has 2 nitrogen and oxygen atoms in total. The Morgan fingerprint density at radius 3 is 0.896 bits per heavy atom. The van der Waals surface area contributed by atoms with Crippen LogP contribution >= 0.6 is 0 Å². The molecule has 286 valence electrons. The molecular weight excluding hydrogens is 585 g/mol. The Hall–Kier alpha value is -0.790. The third kappa shape index (κ3) is 43.2. The largest absolute Gasteiger partial charge is 0.466 e. The van der Waals surface area contributed by atoms with E-state index in [1.54, 1.807) is 0 Å². The summed E-state index contributed by atoms with van der Waals surface area (Å²) in [6, 6.07) is 0. The van der Waals surface area contributed by atoms with E-state index in [1.807, 2.05) is 0 Å².